The van der Waals surface area contributed by atoms with E-state index in [4.69, 9.17) is 14.7 Å². The third kappa shape index (κ3) is 3.40. The van der Waals surface area contributed by atoms with Gasteiger partial charge in [0.2, 0.25) is 5.95 Å². The third-order valence-electron chi connectivity index (χ3n) is 5.54. The van der Waals surface area contributed by atoms with Gasteiger partial charge in [-0.05, 0) is 57.1 Å². The number of nitrogens with zero attached hydrogens (tertiary/aromatic N) is 4. The molecule has 2 aromatic rings. The Morgan fingerprint density at radius 2 is 2.04 bits per heavy atom. The summed E-state index contributed by atoms with van der Waals surface area (Å²) >= 11 is 0. The molecular formula is C19H27N5O. The largest absolute Gasteiger partial charge is 0.373 e. The van der Waals surface area contributed by atoms with Crippen LogP contribution < -0.4 is 4.90 Å². The fraction of sp³-hybridized carbons (Fsp3) is 0.632. The van der Waals surface area contributed by atoms with Crippen molar-refractivity contribution in [2.24, 2.45) is 5.41 Å². The van der Waals surface area contributed by atoms with Gasteiger partial charge < -0.3 is 9.64 Å². The van der Waals surface area contributed by atoms with Crippen molar-refractivity contribution < 1.29 is 4.74 Å². The monoisotopic (exact) mass is 341 g/mol. The molecule has 2 aliphatic rings. The quantitative estimate of drug-likeness (QED) is 0.905. The van der Waals surface area contributed by atoms with E-state index in [1.807, 2.05) is 26.0 Å². The third-order valence-corrected chi connectivity index (χ3v) is 5.54. The van der Waals surface area contributed by atoms with Crippen LogP contribution in [0, 0.1) is 19.3 Å². The summed E-state index contributed by atoms with van der Waals surface area (Å²) in [6.45, 7) is 8.82. The molecule has 1 saturated heterocycles. The molecule has 2 fully saturated rings. The number of rotatable bonds is 5. The molecule has 0 amide bonds. The Bertz CT molecular complexity index is 726. The van der Waals surface area contributed by atoms with Gasteiger partial charge in [-0.2, -0.15) is 5.10 Å². The number of H-pyrrole nitrogens is 1. The lowest BCUT2D eigenvalue weighted by Gasteiger charge is -2.39. The van der Waals surface area contributed by atoms with E-state index in [0.29, 0.717) is 12.0 Å². The van der Waals surface area contributed by atoms with Gasteiger partial charge in [0.05, 0.1) is 31.0 Å². The summed E-state index contributed by atoms with van der Waals surface area (Å²) in [5.74, 6) is 0.782. The lowest BCUT2D eigenvalue weighted by molar-refractivity contribution is 0.00405. The first kappa shape index (κ1) is 16.5. The highest BCUT2D eigenvalue weighted by atomic mass is 16.5. The van der Waals surface area contributed by atoms with Crippen molar-refractivity contribution in [2.75, 3.05) is 18.1 Å². The van der Waals surface area contributed by atoms with Gasteiger partial charge in [0.1, 0.15) is 0 Å². The van der Waals surface area contributed by atoms with Crippen LogP contribution >= 0.6 is 0 Å². The smallest absolute Gasteiger partial charge is 0.226 e. The Hall–Kier alpha value is -1.95. The molecule has 3 heterocycles. The van der Waals surface area contributed by atoms with Gasteiger partial charge in [0, 0.05) is 17.6 Å². The normalized spacial score (nSPS) is 28.3. The van der Waals surface area contributed by atoms with Crippen LogP contribution in [0.3, 0.4) is 0 Å². The maximum absolute atomic E-state index is 6.38. The summed E-state index contributed by atoms with van der Waals surface area (Å²) in [4.78, 5) is 11.7. The zero-order valence-electron chi connectivity index (χ0n) is 15.4. The van der Waals surface area contributed by atoms with Gasteiger partial charge in [-0.3, -0.25) is 5.10 Å². The zero-order valence-corrected chi connectivity index (χ0v) is 15.4. The van der Waals surface area contributed by atoms with E-state index in [9.17, 15) is 0 Å². The van der Waals surface area contributed by atoms with Gasteiger partial charge in [-0.25, -0.2) is 9.97 Å². The first-order valence-electron chi connectivity index (χ1n) is 9.15. The molecule has 0 aromatic carbocycles. The highest BCUT2D eigenvalue weighted by Gasteiger charge is 2.50. The summed E-state index contributed by atoms with van der Waals surface area (Å²) in [7, 11) is 0. The SMILES string of the molecule is Cc1cc(C)nc(N(Cc2ccn[nH]2)CC23CCCC(C)(CO2)C3)n1. The van der Waals surface area contributed by atoms with Crippen molar-refractivity contribution in [3.8, 4) is 0 Å². The molecular weight excluding hydrogens is 314 g/mol. The number of aromatic amines is 1. The van der Waals surface area contributed by atoms with Crippen LogP contribution in [-0.2, 0) is 11.3 Å². The minimum atomic E-state index is -0.0754. The second-order valence-electron chi connectivity index (χ2n) is 8.20. The molecule has 2 unspecified atom stereocenters. The van der Waals surface area contributed by atoms with Crippen molar-refractivity contribution in [1.82, 2.24) is 20.2 Å². The Morgan fingerprint density at radius 3 is 2.76 bits per heavy atom. The van der Waals surface area contributed by atoms with Gasteiger partial charge in [-0.15, -0.1) is 0 Å². The molecule has 2 bridgehead atoms. The number of hydrogen-bond acceptors (Lipinski definition) is 5. The zero-order chi connectivity index (χ0) is 17.5. The van der Waals surface area contributed by atoms with Crippen molar-refractivity contribution in [1.29, 1.82) is 0 Å². The summed E-state index contributed by atoms with van der Waals surface area (Å²) in [5.41, 5.74) is 3.32. The highest BCUT2D eigenvalue weighted by Crippen LogP contribution is 2.50. The molecule has 134 valence electrons. The second-order valence-corrected chi connectivity index (χ2v) is 8.20. The number of aromatic nitrogens is 4. The number of aryl methyl sites for hydroxylation is 2. The molecule has 6 nitrogen and oxygen atoms in total. The Labute approximate surface area is 149 Å². The van der Waals surface area contributed by atoms with Crippen LogP contribution in [0.2, 0.25) is 0 Å². The van der Waals surface area contributed by atoms with Crippen molar-refractivity contribution in [3.05, 3.63) is 35.4 Å². The molecule has 2 atom stereocenters. The molecule has 2 aromatic heterocycles. The first-order valence-corrected chi connectivity index (χ1v) is 9.15. The molecule has 25 heavy (non-hydrogen) atoms. The molecule has 0 radical (unpaired) electrons. The lowest BCUT2D eigenvalue weighted by Crippen LogP contribution is -2.45. The molecule has 0 spiro atoms. The number of anilines is 1. The highest BCUT2D eigenvalue weighted by molar-refractivity contribution is 5.34. The van der Waals surface area contributed by atoms with Crippen molar-refractivity contribution >= 4 is 5.95 Å². The number of hydrogen-bond donors (Lipinski definition) is 1. The minimum absolute atomic E-state index is 0.0754. The second kappa shape index (κ2) is 6.09. The number of ether oxygens (including phenoxy) is 1. The first-order chi connectivity index (χ1) is 12.0. The maximum Gasteiger partial charge on any atom is 0.226 e. The molecule has 6 heteroatoms. The topological polar surface area (TPSA) is 66.9 Å². The van der Waals surface area contributed by atoms with Crippen LogP contribution in [0.4, 0.5) is 5.95 Å². The van der Waals surface area contributed by atoms with E-state index in [2.05, 4.69) is 22.0 Å². The van der Waals surface area contributed by atoms with Gasteiger partial charge in [0.15, 0.2) is 0 Å². The Morgan fingerprint density at radius 1 is 1.24 bits per heavy atom. The molecule has 4 rings (SSSR count). The predicted molar refractivity (Wildman–Crippen MR) is 96.4 cm³/mol. The summed E-state index contributed by atoms with van der Waals surface area (Å²) in [6.07, 6.45) is 6.55. The predicted octanol–water partition coefficient (Wildman–Crippen LogP) is 3.17. The van der Waals surface area contributed by atoms with E-state index in [0.717, 1.165) is 49.0 Å². The van der Waals surface area contributed by atoms with Crippen molar-refractivity contribution in [3.63, 3.8) is 0 Å². The van der Waals surface area contributed by atoms with Crippen LogP contribution in [0.15, 0.2) is 18.3 Å². The van der Waals surface area contributed by atoms with Crippen LogP contribution in [0.1, 0.15) is 49.7 Å². The summed E-state index contributed by atoms with van der Waals surface area (Å²) < 4.78 is 6.38. The van der Waals surface area contributed by atoms with E-state index in [1.165, 1.54) is 12.8 Å². The van der Waals surface area contributed by atoms with Gasteiger partial charge in [-0.1, -0.05) is 6.92 Å². The van der Waals surface area contributed by atoms with Gasteiger partial charge >= 0.3 is 0 Å². The van der Waals surface area contributed by atoms with Crippen LogP contribution in [-0.4, -0.2) is 38.9 Å². The van der Waals surface area contributed by atoms with Crippen LogP contribution in [0.25, 0.3) is 0 Å². The summed E-state index contributed by atoms with van der Waals surface area (Å²) in [5, 5.41) is 7.15. The Kier molecular flexibility index (Phi) is 4.02. The van der Waals surface area contributed by atoms with E-state index in [-0.39, 0.29) is 5.60 Å². The average molecular weight is 341 g/mol. The molecule has 1 aliphatic carbocycles. The molecule has 1 aliphatic heterocycles. The molecule has 1 N–H and O–H groups in total. The fourth-order valence-corrected chi connectivity index (χ4v) is 4.52. The fourth-order valence-electron chi connectivity index (χ4n) is 4.52. The van der Waals surface area contributed by atoms with Crippen molar-refractivity contribution in [2.45, 2.75) is 58.6 Å². The average Bonchev–Trinajstić information content (AvgIpc) is 3.12. The lowest BCUT2D eigenvalue weighted by atomic mass is 9.71. The van der Waals surface area contributed by atoms with E-state index < -0.39 is 0 Å². The van der Waals surface area contributed by atoms with E-state index >= 15 is 0 Å². The maximum atomic E-state index is 6.38. The summed E-state index contributed by atoms with van der Waals surface area (Å²) in [6, 6.07) is 4.02. The number of nitrogens with one attached hydrogen (secondary N) is 1. The number of fused-ring (bicyclic) bond motifs is 2. The van der Waals surface area contributed by atoms with Crippen LogP contribution in [0.5, 0.6) is 0 Å². The minimum Gasteiger partial charge on any atom is -0.373 e. The Balaban J connectivity index is 1.63. The molecule has 1 saturated carbocycles. The standard InChI is InChI=1S/C19H27N5O/c1-14-9-15(2)22-17(21-14)24(10-16-5-8-20-23-16)12-19-7-4-6-18(3,11-19)13-25-19/h5,8-9H,4,6-7,10-13H2,1-3H3,(H,20,23). The van der Waals surface area contributed by atoms with E-state index in [1.54, 1.807) is 6.20 Å². The van der Waals surface area contributed by atoms with Gasteiger partial charge in [0.25, 0.3) is 0 Å².